The highest BCUT2D eigenvalue weighted by atomic mass is 16.6. The number of hydrogen-bond donors (Lipinski definition) is 1. The van der Waals surface area contributed by atoms with Crippen molar-refractivity contribution in [3.8, 4) is 11.5 Å². The second-order valence-electron chi connectivity index (χ2n) is 7.47. The number of hydrogen-bond acceptors (Lipinski definition) is 4. The molecule has 0 radical (unpaired) electrons. The molecule has 2 amide bonds. The van der Waals surface area contributed by atoms with Crippen LogP contribution in [0.3, 0.4) is 0 Å². The van der Waals surface area contributed by atoms with Gasteiger partial charge >= 0.3 is 0 Å². The van der Waals surface area contributed by atoms with Crippen LogP contribution in [0.25, 0.3) is 0 Å². The number of benzene rings is 2. The molecule has 0 spiro atoms. The zero-order valence-electron chi connectivity index (χ0n) is 16.6. The maximum Gasteiger partial charge on any atom is 0.251 e. The summed E-state index contributed by atoms with van der Waals surface area (Å²) < 4.78 is 11.3. The average Bonchev–Trinajstić information content (AvgIpc) is 3.23. The Labute approximate surface area is 170 Å². The van der Waals surface area contributed by atoms with Crippen LogP contribution >= 0.6 is 0 Å². The highest BCUT2D eigenvalue weighted by molar-refractivity contribution is 5.95. The highest BCUT2D eigenvalue weighted by Gasteiger charge is 2.30. The normalized spacial score (nSPS) is 17.8. The van der Waals surface area contributed by atoms with Crippen LogP contribution in [0.15, 0.2) is 42.5 Å². The second kappa shape index (κ2) is 8.55. The minimum atomic E-state index is -0.138. The van der Waals surface area contributed by atoms with Crippen LogP contribution in [0.5, 0.6) is 11.5 Å². The van der Waals surface area contributed by atoms with Crippen molar-refractivity contribution < 1.29 is 19.1 Å². The van der Waals surface area contributed by atoms with E-state index in [1.807, 2.05) is 48.2 Å². The minimum absolute atomic E-state index is 0.0467. The molecule has 1 N–H and O–H groups in total. The van der Waals surface area contributed by atoms with E-state index in [1.165, 1.54) is 0 Å². The van der Waals surface area contributed by atoms with Crippen LogP contribution in [0.1, 0.15) is 46.8 Å². The number of nitrogens with zero attached hydrogens (tertiary/aromatic N) is 1. The number of aryl methyl sites for hydroxylation is 1. The molecule has 4 rings (SSSR count). The Bertz CT molecular complexity index is 912. The van der Waals surface area contributed by atoms with Gasteiger partial charge in [-0.1, -0.05) is 24.3 Å². The van der Waals surface area contributed by atoms with Gasteiger partial charge in [0.25, 0.3) is 5.91 Å². The van der Waals surface area contributed by atoms with Gasteiger partial charge in [-0.3, -0.25) is 9.59 Å². The number of carbonyl (C=O) groups excluding carboxylic acids is 2. The van der Waals surface area contributed by atoms with Crippen molar-refractivity contribution in [3.63, 3.8) is 0 Å². The second-order valence-corrected chi connectivity index (χ2v) is 7.47. The lowest BCUT2D eigenvalue weighted by Gasteiger charge is -2.27. The van der Waals surface area contributed by atoms with E-state index < -0.39 is 0 Å². The van der Waals surface area contributed by atoms with Crippen molar-refractivity contribution in [2.75, 3.05) is 26.3 Å². The molecule has 2 aliphatic rings. The first-order valence-corrected chi connectivity index (χ1v) is 10.2. The topological polar surface area (TPSA) is 67.9 Å². The highest BCUT2D eigenvalue weighted by Crippen LogP contribution is 2.38. The van der Waals surface area contributed by atoms with Crippen molar-refractivity contribution in [1.82, 2.24) is 10.2 Å². The number of amides is 2. The summed E-state index contributed by atoms with van der Waals surface area (Å²) in [7, 11) is 0. The maximum atomic E-state index is 12.8. The van der Waals surface area contributed by atoms with E-state index in [0.29, 0.717) is 31.7 Å². The van der Waals surface area contributed by atoms with Crippen LogP contribution < -0.4 is 14.8 Å². The van der Waals surface area contributed by atoms with Gasteiger partial charge in [0.1, 0.15) is 13.2 Å². The van der Waals surface area contributed by atoms with Crippen molar-refractivity contribution in [3.05, 3.63) is 59.2 Å². The van der Waals surface area contributed by atoms with Gasteiger partial charge in [0.2, 0.25) is 5.91 Å². The number of likely N-dealkylation sites (tertiary alicyclic amines) is 1. The number of rotatable bonds is 5. The van der Waals surface area contributed by atoms with Gasteiger partial charge < -0.3 is 19.7 Å². The van der Waals surface area contributed by atoms with Gasteiger partial charge in [0.15, 0.2) is 11.5 Å². The Balaban J connectivity index is 1.36. The summed E-state index contributed by atoms with van der Waals surface area (Å²) in [6.07, 6.45) is 2.19. The standard InChI is InChI=1S/C23H26N2O4/c1-16-5-2-3-6-18(16)23(27)24-11-10-22(26)25-12-4-7-19(25)17-8-9-20-21(15-17)29-14-13-28-20/h2-3,5-6,8-9,15,19H,4,7,10-14H2,1H3,(H,24,27)/t19-/m0/s1. The molecule has 2 heterocycles. The van der Waals surface area contributed by atoms with E-state index in [9.17, 15) is 9.59 Å². The van der Waals surface area contributed by atoms with Crippen LogP contribution in [-0.4, -0.2) is 43.0 Å². The molecule has 2 aromatic rings. The summed E-state index contributed by atoms with van der Waals surface area (Å²) in [6.45, 7) is 4.08. The fraction of sp³-hybridized carbons (Fsp3) is 0.391. The summed E-state index contributed by atoms with van der Waals surface area (Å²) in [5, 5.41) is 2.87. The third-order valence-corrected chi connectivity index (χ3v) is 5.54. The zero-order chi connectivity index (χ0) is 20.2. The van der Waals surface area contributed by atoms with Crippen molar-refractivity contribution in [1.29, 1.82) is 0 Å². The van der Waals surface area contributed by atoms with Gasteiger partial charge in [-0.15, -0.1) is 0 Å². The van der Waals surface area contributed by atoms with Gasteiger partial charge in [-0.2, -0.15) is 0 Å². The van der Waals surface area contributed by atoms with E-state index >= 15 is 0 Å². The molecule has 0 aliphatic carbocycles. The Morgan fingerprint density at radius 3 is 2.72 bits per heavy atom. The predicted molar refractivity (Wildman–Crippen MR) is 109 cm³/mol. The zero-order valence-corrected chi connectivity index (χ0v) is 16.6. The number of fused-ring (bicyclic) bond motifs is 1. The summed E-state index contributed by atoms with van der Waals surface area (Å²) in [6, 6.07) is 13.4. The van der Waals surface area contributed by atoms with Crippen molar-refractivity contribution >= 4 is 11.8 Å². The molecule has 0 bridgehead atoms. The summed E-state index contributed by atoms with van der Waals surface area (Å²) in [5.74, 6) is 1.43. The Kier molecular flexibility index (Phi) is 5.69. The van der Waals surface area contributed by atoms with E-state index in [2.05, 4.69) is 5.32 Å². The van der Waals surface area contributed by atoms with E-state index in [4.69, 9.17) is 9.47 Å². The minimum Gasteiger partial charge on any atom is -0.486 e. The Morgan fingerprint density at radius 1 is 1.10 bits per heavy atom. The summed E-state index contributed by atoms with van der Waals surface area (Å²) in [5.41, 5.74) is 2.65. The molecule has 1 saturated heterocycles. The van der Waals surface area contributed by atoms with E-state index in [-0.39, 0.29) is 17.9 Å². The predicted octanol–water partition coefficient (Wildman–Crippen LogP) is 3.25. The lowest BCUT2D eigenvalue weighted by molar-refractivity contribution is -0.132. The van der Waals surface area contributed by atoms with Gasteiger partial charge in [-0.05, 0) is 49.1 Å². The molecule has 29 heavy (non-hydrogen) atoms. The van der Waals surface area contributed by atoms with Gasteiger partial charge in [0.05, 0.1) is 6.04 Å². The Morgan fingerprint density at radius 2 is 1.90 bits per heavy atom. The van der Waals surface area contributed by atoms with E-state index in [0.717, 1.165) is 42.0 Å². The van der Waals surface area contributed by atoms with Gasteiger partial charge in [0, 0.05) is 25.1 Å². The van der Waals surface area contributed by atoms with Crippen LogP contribution in [0.4, 0.5) is 0 Å². The SMILES string of the molecule is Cc1ccccc1C(=O)NCCC(=O)N1CCC[C@H]1c1ccc2c(c1)OCCO2. The molecule has 0 aromatic heterocycles. The summed E-state index contributed by atoms with van der Waals surface area (Å²) in [4.78, 5) is 27.1. The maximum absolute atomic E-state index is 12.8. The van der Waals surface area contributed by atoms with Crippen molar-refractivity contribution in [2.24, 2.45) is 0 Å². The monoisotopic (exact) mass is 394 g/mol. The molecule has 6 nitrogen and oxygen atoms in total. The number of nitrogens with one attached hydrogen (secondary N) is 1. The molecule has 2 aliphatic heterocycles. The molecule has 0 saturated carbocycles. The average molecular weight is 394 g/mol. The van der Waals surface area contributed by atoms with Crippen molar-refractivity contribution in [2.45, 2.75) is 32.2 Å². The molecule has 1 fully saturated rings. The quantitative estimate of drug-likeness (QED) is 0.845. The van der Waals surface area contributed by atoms with Crippen LogP contribution in [0.2, 0.25) is 0 Å². The Hall–Kier alpha value is -3.02. The largest absolute Gasteiger partial charge is 0.486 e. The third kappa shape index (κ3) is 4.21. The molecular weight excluding hydrogens is 368 g/mol. The fourth-order valence-electron chi connectivity index (χ4n) is 4.03. The third-order valence-electron chi connectivity index (χ3n) is 5.54. The molecule has 0 unspecified atom stereocenters. The molecule has 2 aromatic carbocycles. The molecule has 152 valence electrons. The number of ether oxygens (including phenoxy) is 2. The molecule has 6 heteroatoms. The smallest absolute Gasteiger partial charge is 0.251 e. The first-order chi connectivity index (χ1) is 14.1. The molecule has 1 atom stereocenters. The van der Waals surface area contributed by atoms with Gasteiger partial charge in [-0.25, -0.2) is 0 Å². The number of carbonyl (C=O) groups is 2. The lowest BCUT2D eigenvalue weighted by Crippen LogP contribution is -2.34. The lowest BCUT2D eigenvalue weighted by atomic mass is 10.0. The van der Waals surface area contributed by atoms with Crippen LogP contribution in [-0.2, 0) is 4.79 Å². The van der Waals surface area contributed by atoms with Crippen LogP contribution in [0, 0.1) is 6.92 Å². The first kappa shape index (κ1) is 19.3. The summed E-state index contributed by atoms with van der Waals surface area (Å²) >= 11 is 0. The van der Waals surface area contributed by atoms with E-state index in [1.54, 1.807) is 6.07 Å². The molecular formula is C23H26N2O4. The first-order valence-electron chi connectivity index (χ1n) is 10.2. The fourth-order valence-corrected chi connectivity index (χ4v) is 4.03.